The molecule has 0 aliphatic carbocycles. The van der Waals surface area contributed by atoms with Crippen LogP contribution >= 0.6 is 11.6 Å². The molecule has 0 spiro atoms. The highest BCUT2D eigenvalue weighted by Crippen LogP contribution is 2.26. The summed E-state index contributed by atoms with van der Waals surface area (Å²) in [5, 5.41) is 3.65. The molecule has 152 valence electrons. The second-order valence-electron chi connectivity index (χ2n) is 6.90. The van der Waals surface area contributed by atoms with Gasteiger partial charge in [0.15, 0.2) is 5.84 Å². The van der Waals surface area contributed by atoms with Crippen molar-refractivity contribution in [3.63, 3.8) is 0 Å². The number of carbonyl (C=O) groups is 1. The summed E-state index contributed by atoms with van der Waals surface area (Å²) in [6, 6.07) is 20.8. The van der Waals surface area contributed by atoms with Gasteiger partial charge in [0.25, 0.3) is 15.9 Å². The van der Waals surface area contributed by atoms with Crippen LogP contribution in [0.2, 0.25) is 5.02 Å². The van der Waals surface area contributed by atoms with Crippen molar-refractivity contribution in [3.8, 4) is 0 Å². The zero-order chi connectivity index (χ0) is 21.3. The van der Waals surface area contributed by atoms with Gasteiger partial charge in [-0.05, 0) is 54.1 Å². The molecular formula is C22H18ClN3O3S. The van der Waals surface area contributed by atoms with Gasteiger partial charge in [-0.15, -0.1) is 4.40 Å². The van der Waals surface area contributed by atoms with Crippen molar-refractivity contribution in [1.29, 1.82) is 0 Å². The molecule has 0 saturated carbocycles. The Hall–Kier alpha value is -3.16. The van der Waals surface area contributed by atoms with Gasteiger partial charge >= 0.3 is 0 Å². The van der Waals surface area contributed by atoms with Gasteiger partial charge in [0.2, 0.25) is 0 Å². The fraction of sp³-hybridized carbons (Fsp3) is 0.0909. The summed E-state index contributed by atoms with van der Waals surface area (Å²) >= 11 is 6.00. The molecule has 3 aromatic rings. The summed E-state index contributed by atoms with van der Waals surface area (Å²) in [6.07, 6.45) is 0. The van der Waals surface area contributed by atoms with E-state index in [1.807, 2.05) is 18.2 Å². The second kappa shape index (κ2) is 7.93. The van der Waals surface area contributed by atoms with Crippen LogP contribution in [0.15, 0.2) is 82.1 Å². The van der Waals surface area contributed by atoms with Gasteiger partial charge in [0.05, 0.1) is 0 Å². The van der Waals surface area contributed by atoms with Crippen molar-refractivity contribution in [2.75, 3.05) is 12.4 Å². The lowest BCUT2D eigenvalue weighted by Crippen LogP contribution is -2.26. The van der Waals surface area contributed by atoms with E-state index in [1.165, 1.54) is 6.07 Å². The number of benzene rings is 3. The number of nitrogens with zero attached hydrogens (tertiary/aromatic N) is 2. The third kappa shape index (κ3) is 4.08. The van der Waals surface area contributed by atoms with E-state index in [9.17, 15) is 13.2 Å². The van der Waals surface area contributed by atoms with Crippen molar-refractivity contribution < 1.29 is 13.2 Å². The lowest BCUT2D eigenvalue weighted by molar-refractivity contribution is 0.0785. The molecule has 8 heteroatoms. The SMILES string of the molecule is CN(Cc1cccc(Cl)c1)C(=O)c1ccc(NC2=NS(=O)(=O)c3ccccc32)cc1. The van der Waals surface area contributed by atoms with Gasteiger partial charge in [-0.1, -0.05) is 35.9 Å². The first kappa shape index (κ1) is 20.1. The number of sulfonamides is 1. The largest absolute Gasteiger partial charge is 0.339 e. The molecule has 1 N–H and O–H groups in total. The first-order valence-corrected chi connectivity index (χ1v) is 11.0. The highest BCUT2D eigenvalue weighted by molar-refractivity contribution is 7.90. The molecule has 1 amide bonds. The fourth-order valence-corrected chi connectivity index (χ4v) is 4.62. The number of fused-ring (bicyclic) bond motifs is 1. The molecule has 0 fully saturated rings. The predicted molar refractivity (Wildman–Crippen MR) is 117 cm³/mol. The van der Waals surface area contributed by atoms with Gasteiger partial charge in [0.1, 0.15) is 4.90 Å². The van der Waals surface area contributed by atoms with Gasteiger partial charge in [-0.25, -0.2) is 0 Å². The van der Waals surface area contributed by atoms with E-state index in [0.717, 1.165) is 5.56 Å². The maximum Gasteiger partial charge on any atom is 0.285 e. The Balaban J connectivity index is 1.48. The number of hydrogen-bond donors (Lipinski definition) is 1. The standard InChI is InChI=1S/C22H18ClN3O3S/c1-26(14-15-5-4-6-17(23)13-15)22(27)16-9-11-18(12-10-16)24-21-19-7-2-3-8-20(19)30(28,29)25-21/h2-13H,14H2,1H3,(H,24,25). The van der Waals surface area contributed by atoms with Crippen LogP contribution in [0, 0.1) is 0 Å². The Morgan fingerprint density at radius 3 is 2.50 bits per heavy atom. The van der Waals surface area contributed by atoms with E-state index >= 15 is 0 Å². The molecule has 0 radical (unpaired) electrons. The van der Waals surface area contributed by atoms with E-state index in [0.29, 0.717) is 28.4 Å². The topological polar surface area (TPSA) is 78.8 Å². The van der Waals surface area contributed by atoms with Crippen LogP contribution in [-0.4, -0.2) is 32.1 Å². The van der Waals surface area contributed by atoms with Crippen LogP contribution in [0.3, 0.4) is 0 Å². The van der Waals surface area contributed by atoms with E-state index in [4.69, 9.17) is 11.6 Å². The van der Waals surface area contributed by atoms with Gasteiger partial charge in [-0.3, -0.25) is 4.79 Å². The lowest BCUT2D eigenvalue weighted by Gasteiger charge is -2.18. The van der Waals surface area contributed by atoms with Gasteiger partial charge in [0, 0.05) is 35.4 Å². The zero-order valence-corrected chi connectivity index (χ0v) is 17.6. The lowest BCUT2D eigenvalue weighted by atomic mass is 10.1. The number of halogens is 1. The Kier molecular flexibility index (Phi) is 5.32. The number of amides is 1. The normalized spacial score (nSPS) is 14.0. The molecule has 6 nitrogen and oxygen atoms in total. The quantitative estimate of drug-likeness (QED) is 0.661. The number of carbonyl (C=O) groups excluding carboxylic acids is 1. The van der Waals surface area contributed by atoms with E-state index in [2.05, 4.69) is 9.71 Å². The summed E-state index contributed by atoms with van der Waals surface area (Å²) in [7, 11) is -1.96. The summed E-state index contributed by atoms with van der Waals surface area (Å²) in [5.41, 5.74) is 2.62. The first-order valence-electron chi connectivity index (χ1n) is 9.15. The number of rotatable bonds is 4. The van der Waals surface area contributed by atoms with Crippen LogP contribution < -0.4 is 5.32 Å². The summed E-state index contributed by atoms with van der Waals surface area (Å²) in [5.74, 6) is 0.135. The minimum atomic E-state index is -3.69. The molecule has 1 aliphatic heterocycles. The highest BCUT2D eigenvalue weighted by atomic mass is 35.5. The van der Waals surface area contributed by atoms with Crippen LogP contribution in [0.5, 0.6) is 0 Å². The first-order chi connectivity index (χ1) is 14.3. The third-order valence-corrected chi connectivity index (χ3v) is 6.25. The van der Waals surface area contributed by atoms with Crippen LogP contribution in [-0.2, 0) is 16.6 Å². The van der Waals surface area contributed by atoms with Crippen LogP contribution in [0.4, 0.5) is 5.69 Å². The summed E-state index contributed by atoms with van der Waals surface area (Å²) in [6.45, 7) is 0.435. The highest BCUT2D eigenvalue weighted by Gasteiger charge is 2.28. The molecule has 0 saturated heterocycles. The number of amidine groups is 1. The molecule has 0 bridgehead atoms. The van der Waals surface area contributed by atoms with E-state index in [1.54, 1.807) is 60.5 Å². The molecule has 0 unspecified atom stereocenters. The molecular weight excluding hydrogens is 422 g/mol. The van der Waals surface area contributed by atoms with Crippen molar-refractivity contribution in [2.45, 2.75) is 11.4 Å². The average Bonchev–Trinajstić information content (AvgIpc) is 2.98. The van der Waals surface area contributed by atoms with Crippen molar-refractivity contribution >= 4 is 39.1 Å². The molecule has 0 atom stereocenters. The summed E-state index contributed by atoms with van der Waals surface area (Å²) in [4.78, 5) is 14.5. The maximum atomic E-state index is 12.7. The summed E-state index contributed by atoms with van der Waals surface area (Å²) < 4.78 is 28.1. The number of anilines is 1. The van der Waals surface area contributed by atoms with Crippen molar-refractivity contribution in [1.82, 2.24) is 4.90 Å². The van der Waals surface area contributed by atoms with Gasteiger partial charge in [-0.2, -0.15) is 8.42 Å². The molecule has 1 heterocycles. The number of hydrogen-bond acceptors (Lipinski definition) is 4. The Bertz CT molecular complexity index is 1250. The molecule has 4 rings (SSSR count). The molecule has 0 aromatic heterocycles. The monoisotopic (exact) mass is 439 g/mol. The molecule has 1 aliphatic rings. The molecule has 3 aromatic carbocycles. The Morgan fingerprint density at radius 1 is 1.03 bits per heavy atom. The number of nitrogens with one attached hydrogen (secondary N) is 1. The average molecular weight is 440 g/mol. The molecule has 30 heavy (non-hydrogen) atoms. The Morgan fingerprint density at radius 2 is 1.77 bits per heavy atom. The van der Waals surface area contributed by atoms with Crippen LogP contribution in [0.25, 0.3) is 0 Å². The van der Waals surface area contributed by atoms with Crippen molar-refractivity contribution in [2.24, 2.45) is 4.40 Å². The minimum Gasteiger partial charge on any atom is -0.339 e. The Labute approximate surface area is 179 Å². The second-order valence-corrected chi connectivity index (χ2v) is 8.91. The van der Waals surface area contributed by atoms with Crippen LogP contribution in [0.1, 0.15) is 21.5 Å². The van der Waals surface area contributed by atoms with Gasteiger partial charge < -0.3 is 10.2 Å². The maximum absolute atomic E-state index is 12.7. The van der Waals surface area contributed by atoms with E-state index < -0.39 is 10.0 Å². The van der Waals surface area contributed by atoms with E-state index in [-0.39, 0.29) is 16.6 Å². The predicted octanol–water partition coefficient (Wildman–Crippen LogP) is 4.17. The third-order valence-electron chi connectivity index (χ3n) is 4.68. The fourth-order valence-electron chi connectivity index (χ4n) is 3.23. The smallest absolute Gasteiger partial charge is 0.285 e. The zero-order valence-electron chi connectivity index (χ0n) is 16.0. The van der Waals surface area contributed by atoms with Crippen molar-refractivity contribution in [3.05, 3.63) is 94.5 Å². The minimum absolute atomic E-state index is 0.132.